The fourth-order valence-corrected chi connectivity index (χ4v) is 3.04. The third kappa shape index (κ3) is 2.23. The van der Waals surface area contributed by atoms with Gasteiger partial charge < -0.3 is 15.1 Å². The first-order chi connectivity index (χ1) is 9.66. The molecule has 0 aromatic heterocycles. The van der Waals surface area contributed by atoms with Crippen LogP contribution in [0.3, 0.4) is 0 Å². The molecule has 4 nitrogen and oxygen atoms in total. The first-order valence-corrected chi connectivity index (χ1v) is 6.80. The predicted octanol–water partition coefficient (Wildman–Crippen LogP) is 2.67. The maximum atomic E-state index is 11.0. The number of amides is 1. The average Bonchev–Trinajstić information content (AvgIpc) is 2.46. The molecule has 3 rings (SSSR count). The van der Waals surface area contributed by atoms with Crippen molar-refractivity contribution in [1.29, 1.82) is 0 Å². The van der Waals surface area contributed by atoms with Gasteiger partial charge in [0.2, 0.25) is 0 Å². The Morgan fingerprint density at radius 2 is 1.90 bits per heavy atom. The highest BCUT2D eigenvalue weighted by Crippen LogP contribution is 2.33. The first kappa shape index (κ1) is 12.9. The summed E-state index contributed by atoms with van der Waals surface area (Å²) in [5.41, 5.74) is 1.11. The molecule has 2 atom stereocenters. The number of aliphatic hydroxyl groups excluding tert-OH is 1. The number of carboxylic acid groups (broad SMARTS) is 1. The summed E-state index contributed by atoms with van der Waals surface area (Å²) in [6.07, 6.45) is -0.951. The Morgan fingerprint density at radius 3 is 2.65 bits per heavy atom. The number of hydrogen-bond acceptors (Lipinski definition) is 2. The van der Waals surface area contributed by atoms with Crippen molar-refractivity contribution in [3.63, 3.8) is 0 Å². The van der Waals surface area contributed by atoms with Crippen molar-refractivity contribution >= 4 is 16.9 Å². The highest BCUT2D eigenvalue weighted by Gasteiger charge is 2.31. The molecule has 0 aliphatic carbocycles. The first-order valence-electron chi connectivity index (χ1n) is 6.80. The van der Waals surface area contributed by atoms with E-state index in [1.54, 1.807) is 0 Å². The zero-order valence-electron chi connectivity index (χ0n) is 11.1. The topological polar surface area (TPSA) is 60.8 Å². The number of fused-ring (bicyclic) bond motifs is 1. The van der Waals surface area contributed by atoms with Crippen molar-refractivity contribution in [2.24, 2.45) is 0 Å². The number of benzene rings is 2. The van der Waals surface area contributed by atoms with Gasteiger partial charge in [-0.1, -0.05) is 42.5 Å². The number of hydrogen-bond donors (Lipinski definition) is 2. The molecule has 20 heavy (non-hydrogen) atoms. The third-order valence-corrected chi connectivity index (χ3v) is 4.08. The number of nitrogens with zero attached hydrogens (tertiary/aromatic N) is 1. The molecule has 1 heterocycles. The van der Waals surface area contributed by atoms with E-state index in [4.69, 9.17) is 5.11 Å². The van der Waals surface area contributed by atoms with Gasteiger partial charge in [0, 0.05) is 12.5 Å². The lowest BCUT2D eigenvalue weighted by molar-refractivity contribution is 0.0507. The van der Waals surface area contributed by atoms with Gasteiger partial charge in [0.05, 0.1) is 12.6 Å². The van der Waals surface area contributed by atoms with Gasteiger partial charge in [0.15, 0.2) is 0 Å². The van der Waals surface area contributed by atoms with E-state index in [-0.39, 0.29) is 12.5 Å². The maximum absolute atomic E-state index is 11.0. The van der Waals surface area contributed by atoms with Crippen LogP contribution >= 0.6 is 0 Å². The molecule has 0 bridgehead atoms. The number of piperidine rings is 1. The lowest BCUT2D eigenvalue weighted by Gasteiger charge is -2.35. The fourth-order valence-electron chi connectivity index (χ4n) is 3.04. The van der Waals surface area contributed by atoms with Crippen LogP contribution in [0.2, 0.25) is 0 Å². The van der Waals surface area contributed by atoms with Crippen LogP contribution in [0.1, 0.15) is 17.9 Å². The van der Waals surface area contributed by atoms with Crippen LogP contribution in [0.25, 0.3) is 10.8 Å². The number of carbonyl (C=O) groups is 1. The van der Waals surface area contributed by atoms with Crippen LogP contribution < -0.4 is 0 Å². The second-order valence-electron chi connectivity index (χ2n) is 5.26. The van der Waals surface area contributed by atoms with E-state index in [9.17, 15) is 9.90 Å². The summed E-state index contributed by atoms with van der Waals surface area (Å²) in [5.74, 6) is -0.00306. The molecule has 2 aromatic carbocycles. The minimum absolute atomic E-state index is 0.00306. The summed E-state index contributed by atoms with van der Waals surface area (Å²) in [5, 5.41) is 21.6. The molecule has 0 radical (unpaired) electrons. The summed E-state index contributed by atoms with van der Waals surface area (Å²) in [6, 6.07) is 14.2. The molecular formula is C16H17NO3. The largest absolute Gasteiger partial charge is 0.465 e. The van der Waals surface area contributed by atoms with Crippen molar-refractivity contribution in [2.45, 2.75) is 18.4 Å². The van der Waals surface area contributed by atoms with Gasteiger partial charge in [0.1, 0.15) is 0 Å². The van der Waals surface area contributed by atoms with Gasteiger partial charge in [0.25, 0.3) is 0 Å². The van der Waals surface area contributed by atoms with Crippen molar-refractivity contribution in [1.82, 2.24) is 4.90 Å². The van der Waals surface area contributed by atoms with Gasteiger partial charge in [-0.05, 0) is 22.8 Å². The molecule has 1 amide bonds. The normalized spacial score (nSPS) is 22.9. The molecule has 2 N–H and O–H groups in total. The second kappa shape index (κ2) is 5.13. The van der Waals surface area contributed by atoms with Crippen molar-refractivity contribution in [3.8, 4) is 0 Å². The van der Waals surface area contributed by atoms with E-state index in [1.807, 2.05) is 24.3 Å². The molecule has 1 saturated heterocycles. The molecule has 1 fully saturated rings. The summed E-state index contributed by atoms with van der Waals surface area (Å²) in [6.45, 7) is 0.656. The Labute approximate surface area is 117 Å². The molecule has 1 aliphatic heterocycles. The molecule has 2 aromatic rings. The fraction of sp³-hybridized carbons (Fsp3) is 0.312. The third-order valence-electron chi connectivity index (χ3n) is 4.08. The Hall–Kier alpha value is -2.07. The van der Waals surface area contributed by atoms with Gasteiger partial charge in [-0.15, -0.1) is 0 Å². The number of aliphatic hydroxyl groups is 1. The van der Waals surface area contributed by atoms with E-state index in [0.717, 1.165) is 16.3 Å². The summed E-state index contributed by atoms with van der Waals surface area (Å²) in [7, 11) is 0. The minimum atomic E-state index is -0.958. The molecule has 0 saturated carbocycles. The van der Waals surface area contributed by atoms with E-state index < -0.39 is 12.2 Å². The lowest BCUT2D eigenvalue weighted by atomic mass is 9.84. The van der Waals surface area contributed by atoms with E-state index in [1.165, 1.54) is 4.90 Å². The molecule has 1 aliphatic rings. The number of likely N-dealkylation sites (tertiary alicyclic amines) is 1. The van der Waals surface area contributed by atoms with Crippen molar-refractivity contribution in [3.05, 3.63) is 48.0 Å². The minimum Gasteiger partial charge on any atom is -0.465 e. The predicted molar refractivity (Wildman–Crippen MR) is 76.9 cm³/mol. The van der Waals surface area contributed by atoms with Crippen LogP contribution in [0.15, 0.2) is 42.5 Å². The number of rotatable bonds is 1. The Morgan fingerprint density at radius 1 is 1.15 bits per heavy atom. The molecule has 2 unspecified atom stereocenters. The summed E-state index contributed by atoms with van der Waals surface area (Å²) in [4.78, 5) is 12.3. The van der Waals surface area contributed by atoms with Crippen LogP contribution in [-0.2, 0) is 0 Å². The smallest absolute Gasteiger partial charge is 0.407 e. The zero-order valence-corrected chi connectivity index (χ0v) is 11.1. The monoisotopic (exact) mass is 271 g/mol. The van der Waals surface area contributed by atoms with Crippen LogP contribution in [0.4, 0.5) is 4.79 Å². The number of β-amino-alcohol motifs (C(OH)–C–C–N with tert-alkyl or cyclic N) is 1. The SMILES string of the molecule is O=C(O)N1CCC(c2cccc3ccccc23)C(O)C1. The highest BCUT2D eigenvalue weighted by atomic mass is 16.4. The molecule has 104 valence electrons. The average molecular weight is 271 g/mol. The van der Waals surface area contributed by atoms with Gasteiger partial charge >= 0.3 is 6.09 Å². The summed E-state index contributed by atoms with van der Waals surface area (Å²) >= 11 is 0. The van der Waals surface area contributed by atoms with Crippen LogP contribution in [-0.4, -0.2) is 40.4 Å². The Bertz CT molecular complexity index is 635. The van der Waals surface area contributed by atoms with Gasteiger partial charge in [-0.2, -0.15) is 0 Å². The lowest BCUT2D eigenvalue weighted by Crippen LogP contribution is -2.45. The molecule has 0 spiro atoms. The Balaban J connectivity index is 1.94. The Kier molecular flexibility index (Phi) is 3.32. The van der Waals surface area contributed by atoms with E-state index in [2.05, 4.69) is 18.2 Å². The van der Waals surface area contributed by atoms with Gasteiger partial charge in [-0.3, -0.25) is 0 Å². The van der Waals surface area contributed by atoms with Crippen LogP contribution in [0, 0.1) is 0 Å². The second-order valence-corrected chi connectivity index (χ2v) is 5.26. The van der Waals surface area contributed by atoms with E-state index in [0.29, 0.717) is 13.0 Å². The van der Waals surface area contributed by atoms with Crippen molar-refractivity contribution < 1.29 is 15.0 Å². The molecule has 4 heteroatoms. The highest BCUT2D eigenvalue weighted by molar-refractivity contribution is 5.86. The quantitative estimate of drug-likeness (QED) is 0.838. The standard InChI is InChI=1S/C16H17NO3/c18-15-10-17(16(19)20)9-8-14(15)13-7-3-5-11-4-1-2-6-12(11)13/h1-7,14-15,18H,8-10H2,(H,19,20). The van der Waals surface area contributed by atoms with Crippen molar-refractivity contribution in [2.75, 3.05) is 13.1 Å². The van der Waals surface area contributed by atoms with Gasteiger partial charge in [-0.25, -0.2) is 4.79 Å². The van der Waals surface area contributed by atoms with E-state index >= 15 is 0 Å². The summed E-state index contributed by atoms with van der Waals surface area (Å²) < 4.78 is 0. The van der Waals surface area contributed by atoms with Crippen LogP contribution in [0.5, 0.6) is 0 Å². The zero-order chi connectivity index (χ0) is 14.1. The molecular weight excluding hydrogens is 254 g/mol. The maximum Gasteiger partial charge on any atom is 0.407 e.